The van der Waals surface area contributed by atoms with E-state index in [2.05, 4.69) is 13.0 Å². The SMILES string of the molecule is CCCc1cc(C)c(OC(=O)c2ccccc2)c(OC(=O)c2ccccc2)c1C1CCCC1. The molecule has 0 bridgehead atoms. The first-order valence-electron chi connectivity index (χ1n) is 11.8. The lowest BCUT2D eigenvalue weighted by Gasteiger charge is -2.23. The number of benzene rings is 3. The molecule has 1 aliphatic carbocycles. The van der Waals surface area contributed by atoms with E-state index in [1.807, 2.05) is 31.2 Å². The van der Waals surface area contributed by atoms with Crippen LogP contribution in [0.15, 0.2) is 66.7 Å². The van der Waals surface area contributed by atoms with Gasteiger partial charge in [-0.15, -0.1) is 0 Å². The van der Waals surface area contributed by atoms with E-state index in [9.17, 15) is 9.59 Å². The van der Waals surface area contributed by atoms with E-state index in [1.165, 1.54) is 5.56 Å². The van der Waals surface area contributed by atoms with E-state index in [1.54, 1.807) is 36.4 Å². The molecule has 0 saturated heterocycles. The van der Waals surface area contributed by atoms with Crippen molar-refractivity contribution in [1.29, 1.82) is 0 Å². The van der Waals surface area contributed by atoms with Gasteiger partial charge in [-0.2, -0.15) is 0 Å². The quantitative estimate of drug-likeness (QED) is 0.291. The molecule has 0 N–H and O–H groups in total. The highest BCUT2D eigenvalue weighted by atomic mass is 16.6. The van der Waals surface area contributed by atoms with Crippen molar-refractivity contribution in [3.63, 3.8) is 0 Å². The van der Waals surface area contributed by atoms with Gasteiger partial charge in [-0.05, 0) is 67.5 Å². The summed E-state index contributed by atoms with van der Waals surface area (Å²) in [6, 6.07) is 19.9. The Hall–Kier alpha value is -3.40. The normalized spacial score (nSPS) is 13.6. The maximum atomic E-state index is 13.1. The van der Waals surface area contributed by atoms with Gasteiger partial charge < -0.3 is 9.47 Å². The smallest absolute Gasteiger partial charge is 0.343 e. The Morgan fingerprint density at radius 1 is 0.818 bits per heavy atom. The number of hydrogen-bond donors (Lipinski definition) is 0. The molecular formula is C29H30O4. The van der Waals surface area contributed by atoms with Crippen LogP contribution >= 0.6 is 0 Å². The van der Waals surface area contributed by atoms with Crippen LogP contribution in [-0.4, -0.2) is 11.9 Å². The van der Waals surface area contributed by atoms with E-state index >= 15 is 0 Å². The fourth-order valence-corrected chi connectivity index (χ4v) is 4.67. The van der Waals surface area contributed by atoms with Gasteiger partial charge in [0.2, 0.25) is 0 Å². The summed E-state index contributed by atoms with van der Waals surface area (Å²) in [5.41, 5.74) is 3.92. The first-order chi connectivity index (χ1) is 16.1. The fraction of sp³-hybridized carbons (Fsp3) is 0.310. The second-order valence-corrected chi connectivity index (χ2v) is 8.67. The predicted molar refractivity (Wildman–Crippen MR) is 129 cm³/mol. The summed E-state index contributed by atoms with van der Waals surface area (Å²) in [6.07, 6.45) is 6.25. The second-order valence-electron chi connectivity index (χ2n) is 8.67. The summed E-state index contributed by atoms with van der Waals surface area (Å²) in [4.78, 5) is 26.1. The lowest BCUT2D eigenvalue weighted by Crippen LogP contribution is -2.16. The van der Waals surface area contributed by atoms with Gasteiger partial charge in [-0.1, -0.05) is 68.7 Å². The Labute approximate surface area is 195 Å². The van der Waals surface area contributed by atoms with Crippen LogP contribution in [0.5, 0.6) is 11.5 Å². The van der Waals surface area contributed by atoms with E-state index < -0.39 is 11.9 Å². The zero-order valence-corrected chi connectivity index (χ0v) is 19.3. The second kappa shape index (κ2) is 10.5. The van der Waals surface area contributed by atoms with E-state index in [0.29, 0.717) is 28.5 Å². The van der Waals surface area contributed by atoms with Crippen LogP contribution in [0.25, 0.3) is 0 Å². The molecule has 0 atom stereocenters. The Kier molecular flexibility index (Phi) is 7.23. The van der Waals surface area contributed by atoms with Gasteiger partial charge in [0.25, 0.3) is 0 Å². The Bertz CT molecular complexity index is 1110. The number of hydrogen-bond acceptors (Lipinski definition) is 4. The van der Waals surface area contributed by atoms with Gasteiger partial charge in [0.05, 0.1) is 11.1 Å². The number of aryl methyl sites for hydroxylation is 2. The minimum absolute atomic E-state index is 0.292. The summed E-state index contributed by atoms with van der Waals surface area (Å²) >= 11 is 0. The van der Waals surface area contributed by atoms with Gasteiger partial charge in [0.15, 0.2) is 11.5 Å². The molecule has 0 heterocycles. The maximum absolute atomic E-state index is 13.1. The van der Waals surface area contributed by atoms with Gasteiger partial charge in [0.1, 0.15) is 0 Å². The highest BCUT2D eigenvalue weighted by Gasteiger charge is 2.30. The van der Waals surface area contributed by atoms with Gasteiger partial charge in [-0.3, -0.25) is 0 Å². The Balaban J connectivity index is 1.82. The minimum Gasteiger partial charge on any atom is -0.419 e. The zero-order chi connectivity index (χ0) is 23.2. The molecule has 0 aliphatic heterocycles. The zero-order valence-electron chi connectivity index (χ0n) is 19.3. The molecule has 170 valence electrons. The van der Waals surface area contributed by atoms with Crippen LogP contribution in [0.4, 0.5) is 0 Å². The number of ether oxygens (including phenoxy) is 2. The van der Waals surface area contributed by atoms with Gasteiger partial charge in [-0.25, -0.2) is 9.59 Å². The summed E-state index contributed by atoms with van der Waals surface area (Å²) in [7, 11) is 0. The van der Waals surface area contributed by atoms with Crippen molar-refractivity contribution in [3.05, 3.63) is 94.5 Å². The summed E-state index contributed by atoms with van der Waals surface area (Å²) in [5.74, 6) is 0.134. The molecule has 0 unspecified atom stereocenters. The van der Waals surface area contributed by atoms with Crippen molar-refractivity contribution in [1.82, 2.24) is 0 Å². The first kappa shape index (κ1) is 22.8. The van der Waals surface area contributed by atoms with Gasteiger partial charge >= 0.3 is 11.9 Å². The molecule has 0 radical (unpaired) electrons. The van der Waals surface area contributed by atoms with Crippen molar-refractivity contribution in [2.24, 2.45) is 0 Å². The van der Waals surface area contributed by atoms with Crippen LogP contribution in [0.1, 0.15) is 82.4 Å². The lowest BCUT2D eigenvalue weighted by atomic mass is 9.88. The number of carbonyl (C=O) groups is 2. The molecule has 1 saturated carbocycles. The largest absolute Gasteiger partial charge is 0.419 e. The van der Waals surface area contributed by atoms with Crippen LogP contribution < -0.4 is 9.47 Å². The maximum Gasteiger partial charge on any atom is 0.343 e. The fourth-order valence-electron chi connectivity index (χ4n) is 4.67. The molecule has 3 aromatic rings. The van der Waals surface area contributed by atoms with Crippen molar-refractivity contribution >= 4 is 11.9 Å². The third-order valence-electron chi connectivity index (χ3n) is 6.24. The highest BCUT2D eigenvalue weighted by molar-refractivity contribution is 5.93. The topological polar surface area (TPSA) is 52.6 Å². The predicted octanol–water partition coefficient (Wildman–Crippen LogP) is 7.04. The van der Waals surface area contributed by atoms with E-state index in [4.69, 9.17) is 9.47 Å². The summed E-state index contributed by atoms with van der Waals surface area (Å²) in [6.45, 7) is 4.05. The van der Waals surface area contributed by atoms with Crippen molar-refractivity contribution in [2.75, 3.05) is 0 Å². The minimum atomic E-state index is -0.462. The molecule has 0 spiro atoms. The van der Waals surface area contributed by atoms with Crippen molar-refractivity contribution in [3.8, 4) is 11.5 Å². The Morgan fingerprint density at radius 2 is 1.33 bits per heavy atom. The third-order valence-corrected chi connectivity index (χ3v) is 6.24. The summed E-state index contributed by atoms with van der Waals surface area (Å²) in [5, 5.41) is 0. The van der Waals surface area contributed by atoms with Crippen LogP contribution in [0, 0.1) is 6.92 Å². The number of rotatable bonds is 7. The average molecular weight is 443 g/mol. The molecule has 0 aromatic heterocycles. The number of carbonyl (C=O) groups excluding carboxylic acids is 2. The molecule has 4 rings (SSSR count). The Morgan fingerprint density at radius 3 is 1.85 bits per heavy atom. The standard InChI is InChI=1S/C29H30O4/c1-3-12-24-19-20(2)26(32-28(30)22-15-6-4-7-16-22)27(25(24)21-13-10-11-14-21)33-29(31)23-17-8-5-9-18-23/h4-9,15-19,21H,3,10-14H2,1-2H3. The first-order valence-corrected chi connectivity index (χ1v) is 11.8. The van der Waals surface area contributed by atoms with Crippen LogP contribution in [0.3, 0.4) is 0 Å². The number of esters is 2. The molecule has 4 heteroatoms. The monoisotopic (exact) mass is 442 g/mol. The average Bonchev–Trinajstić information content (AvgIpc) is 3.37. The highest BCUT2D eigenvalue weighted by Crippen LogP contribution is 2.47. The third kappa shape index (κ3) is 5.16. The van der Waals surface area contributed by atoms with E-state index in [-0.39, 0.29) is 0 Å². The molecule has 1 aliphatic rings. The molecular weight excluding hydrogens is 412 g/mol. The van der Waals surface area contributed by atoms with Crippen LogP contribution in [0.2, 0.25) is 0 Å². The molecule has 4 nitrogen and oxygen atoms in total. The molecule has 33 heavy (non-hydrogen) atoms. The van der Waals surface area contributed by atoms with E-state index in [0.717, 1.165) is 49.7 Å². The molecule has 1 fully saturated rings. The summed E-state index contributed by atoms with van der Waals surface area (Å²) < 4.78 is 12.0. The van der Waals surface area contributed by atoms with Crippen molar-refractivity contribution < 1.29 is 19.1 Å². The molecule has 3 aromatic carbocycles. The van der Waals surface area contributed by atoms with Gasteiger partial charge in [0, 0.05) is 5.56 Å². The van der Waals surface area contributed by atoms with Crippen LogP contribution in [-0.2, 0) is 6.42 Å². The lowest BCUT2D eigenvalue weighted by molar-refractivity contribution is 0.0679. The van der Waals surface area contributed by atoms with Crippen molar-refractivity contribution in [2.45, 2.75) is 58.3 Å². The molecule has 0 amide bonds.